The highest BCUT2D eigenvalue weighted by Gasteiger charge is 2.26. The molecule has 1 aliphatic rings. The Morgan fingerprint density at radius 1 is 1.33 bits per heavy atom. The van der Waals surface area contributed by atoms with Gasteiger partial charge in [-0.1, -0.05) is 0 Å². The maximum atomic E-state index is 13.6. The Hall–Kier alpha value is -2.12. The molecule has 8 heteroatoms. The van der Waals surface area contributed by atoms with Gasteiger partial charge < -0.3 is 20.0 Å². The summed E-state index contributed by atoms with van der Waals surface area (Å²) in [5.74, 6) is 0.209. The summed E-state index contributed by atoms with van der Waals surface area (Å²) in [5, 5.41) is 17.9. The first-order valence-corrected chi connectivity index (χ1v) is 5.44. The molecule has 0 bridgehead atoms. The van der Waals surface area contributed by atoms with Crippen molar-refractivity contribution in [2.75, 3.05) is 31.1 Å². The van der Waals surface area contributed by atoms with Crippen molar-refractivity contribution in [1.29, 1.82) is 0 Å². The molecule has 0 spiro atoms. The first-order valence-electron chi connectivity index (χ1n) is 5.44. The van der Waals surface area contributed by atoms with Gasteiger partial charge in [-0.05, 0) is 0 Å². The van der Waals surface area contributed by atoms with E-state index >= 15 is 0 Å². The molecule has 1 atom stereocenters. The number of amides is 1. The Balaban J connectivity index is 2.10. The van der Waals surface area contributed by atoms with Gasteiger partial charge in [0.05, 0.1) is 25.5 Å². The van der Waals surface area contributed by atoms with Crippen molar-refractivity contribution in [2.24, 2.45) is 0 Å². The van der Waals surface area contributed by atoms with E-state index in [1.54, 1.807) is 4.90 Å². The molecular weight excluding hydrogens is 243 g/mol. The third-order valence-corrected chi connectivity index (χ3v) is 2.65. The lowest BCUT2D eigenvalue weighted by Crippen LogP contribution is -2.35. The Bertz CT molecular complexity index is 428. The van der Waals surface area contributed by atoms with E-state index in [-0.39, 0.29) is 31.3 Å². The summed E-state index contributed by atoms with van der Waals surface area (Å²) in [4.78, 5) is 21.2. The number of hydrogen-bond acceptors (Lipinski definition) is 5. The van der Waals surface area contributed by atoms with Gasteiger partial charge in [0.15, 0.2) is 5.75 Å². The van der Waals surface area contributed by atoms with Crippen LogP contribution in [0.1, 0.15) is 0 Å². The Morgan fingerprint density at radius 2 is 2.00 bits per heavy atom. The number of carbonyl (C=O) groups is 1. The van der Waals surface area contributed by atoms with E-state index in [4.69, 9.17) is 10.2 Å². The SMILES string of the molecule is O=C(O)N1CCN(c2ncc(O)cn2)CC(F)C1. The number of hydrogen-bond donors (Lipinski definition) is 2. The van der Waals surface area contributed by atoms with Crippen LogP contribution in [0.3, 0.4) is 0 Å². The van der Waals surface area contributed by atoms with E-state index in [0.717, 1.165) is 4.90 Å². The molecule has 0 aromatic carbocycles. The molecule has 7 nitrogen and oxygen atoms in total. The Labute approximate surface area is 102 Å². The molecule has 98 valence electrons. The smallest absolute Gasteiger partial charge is 0.407 e. The number of nitrogens with zero attached hydrogens (tertiary/aromatic N) is 4. The van der Waals surface area contributed by atoms with Crippen LogP contribution in [0.25, 0.3) is 0 Å². The molecule has 0 aliphatic carbocycles. The zero-order valence-electron chi connectivity index (χ0n) is 9.53. The molecular formula is C10H13FN4O3. The minimum Gasteiger partial charge on any atom is -0.505 e. The minimum absolute atomic E-state index is 0.0363. The Morgan fingerprint density at radius 3 is 2.61 bits per heavy atom. The van der Waals surface area contributed by atoms with Gasteiger partial charge >= 0.3 is 6.09 Å². The van der Waals surface area contributed by atoms with Crippen molar-refractivity contribution in [1.82, 2.24) is 14.9 Å². The van der Waals surface area contributed by atoms with Crippen molar-refractivity contribution in [2.45, 2.75) is 6.17 Å². The summed E-state index contributed by atoms with van der Waals surface area (Å²) in [6, 6.07) is 0. The maximum Gasteiger partial charge on any atom is 0.407 e. The maximum absolute atomic E-state index is 13.6. The summed E-state index contributed by atoms with van der Waals surface area (Å²) >= 11 is 0. The van der Waals surface area contributed by atoms with Gasteiger partial charge in [-0.3, -0.25) is 0 Å². The van der Waals surface area contributed by atoms with Crippen LogP contribution in [-0.4, -0.2) is 63.5 Å². The lowest BCUT2D eigenvalue weighted by atomic mass is 10.3. The number of alkyl halides is 1. The van der Waals surface area contributed by atoms with Crippen molar-refractivity contribution in [3.05, 3.63) is 12.4 Å². The summed E-state index contributed by atoms with van der Waals surface area (Å²) in [7, 11) is 0. The Kier molecular flexibility index (Phi) is 3.45. The topological polar surface area (TPSA) is 89.8 Å². The monoisotopic (exact) mass is 256 g/mol. The number of anilines is 1. The van der Waals surface area contributed by atoms with Gasteiger partial charge in [0.2, 0.25) is 5.95 Å². The van der Waals surface area contributed by atoms with E-state index in [1.165, 1.54) is 12.4 Å². The van der Waals surface area contributed by atoms with Crippen LogP contribution < -0.4 is 4.90 Å². The number of aromatic hydroxyl groups is 1. The van der Waals surface area contributed by atoms with Crippen molar-refractivity contribution >= 4 is 12.0 Å². The third-order valence-electron chi connectivity index (χ3n) is 2.65. The van der Waals surface area contributed by atoms with Crippen molar-refractivity contribution in [3.63, 3.8) is 0 Å². The minimum atomic E-state index is -1.29. The molecule has 1 unspecified atom stereocenters. The van der Waals surface area contributed by atoms with Crippen LogP contribution in [-0.2, 0) is 0 Å². The van der Waals surface area contributed by atoms with Gasteiger partial charge in [-0.15, -0.1) is 0 Å². The van der Waals surface area contributed by atoms with Crippen LogP contribution in [0.15, 0.2) is 12.4 Å². The predicted molar refractivity (Wildman–Crippen MR) is 60.4 cm³/mol. The lowest BCUT2D eigenvalue weighted by Gasteiger charge is -2.20. The summed E-state index contributed by atoms with van der Waals surface area (Å²) in [5.41, 5.74) is 0. The second-order valence-electron chi connectivity index (χ2n) is 4.01. The van der Waals surface area contributed by atoms with Crippen molar-refractivity contribution < 1.29 is 19.4 Å². The first kappa shape index (κ1) is 12.3. The predicted octanol–water partition coefficient (Wildman–Crippen LogP) is 0.320. The largest absolute Gasteiger partial charge is 0.505 e. The van der Waals surface area contributed by atoms with Crippen molar-refractivity contribution in [3.8, 4) is 5.75 Å². The molecule has 2 rings (SSSR count). The van der Waals surface area contributed by atoms with E-state index < -0.39 is 12.3 Å². The molecule has 1 aromatic rings. The van der Waals surface area contributed by atoms with Crippen LogP contribution in [0.5, 0.6) is 5.75 Å². The van der Waals surface area contributed by atoms with E-state index in [9.17, 15) is 9.18 Å². The fraction of sp³-hybridized carbons (Fsp3) is 0.500. The molecule has 1 fully saturated rings. The van der Waals surface area contributed by atoms with Crippen LogP contribution in [0, 0.1) is 0 Å². The van der Waals surface area contributed by atoms with E-state index in [2.05, 4.69) is 9.97 Å². The summed E-state index contributed by atoms with van der Waals surface area (Å²) in [6.45, 7) is 0.399. The molecule has 2 N–H and O–H groups in total. The van der Waals surface area contributed by atoms with E-state index in [1.807, 2.05) is 0 Å². The zero-order valence-corrected chi connectivity index (χ0v) is 9.53. The average molecular weight is 256 g/mol. The normalized spacial score (nSPS) is 20.6. The molecule has 0 radical (unpaired) electrons. The highest BCUT2D eigenvalue weighted by molar-refractivity contribution is 5.65. The third kappa shape index (κ3) is 2.76. The van der Waals surface area contributed by atoms with Crippen LogP contribution in [0.2, 0.25) is 0 Å². The summed E-state index contributed by atoms with van der Waals surface area (Å²) < 4.78 is 13.6. The quantitative estimate of drug-likeness (QED) is 0.752. The molecule has 1 saturated heterocycles. The number of aromatic nitrogens is 2. The van der Waals surface area contributed by atoms with E-state index in [0.29, 0.717) is 6.54 Å². The molecule has 2 heterocycles. The lowest BCUT2D eigenvalue weighted by molar-refractivity contribution is 0.136. The first-order chi connectivity index (χ1) is 8.56. The number of carboxylic acid groups (broad SMARTS) is 1. The number of halogens is 1. The van der Waals surface area contributed by atoms with Gasteiger partial charge in [0.1, 0.15) is 6.17 Å². The van der Waals surface area contributed by atoms with Crippen LogP contribution >= 0.6 is 0 Å². The highest BCUT2D eigenvalue weighted by atomic mass is 19.1. The molecule has 18 heavy (non-hydrogen) atoms. The standard InChI is InChI=1S/C10H13FN4O3/c11-7-5-14(1-2-15(6-7)10(17)18)9-12-3-8(16)4-13-9/h3-4,7,16H,1-2,5-6H2,(H,17,18). The highest BCUT2D eigenvalue weighted by Crippen LogP contribution is 2.14. The second-order valence-corrected chi connectivity index (χ2v) is 4.01. The van der Waals surface area contributed by atoms with Gasteiger partial charge in [-0.2, -0.15) is 0 Å². The average Bonchev–Trinajstić information content (AvgIpc) is 2.52. The van der Waals surface area contributed by atoms with Gasteiger partial charge in [-0.25, -0.2) is 19.2 Å². The summed E-state index contributed by atoms with van der Waals surface area (Å²) in [6.07, 6.45) is 0.0114. The zero-order chi connectivity index (χ0) is 13.1. The number of rotatable bonds is 1. The van der Waals surface area contributed by atoms with Gasteiger partial charge in [0.25, 0.3) is 0 Å². The second kappa shape index (κ2) is 5.03. The molecule has 1 aliphatic heterocycles. The molecule has 1 amide bonds. The fourth-order valence-electron chi connectivity index (χ4n) is 1.79. The molecule has 1 aromatic heterocycles. The van der Waals surface area contributed by atoms with Gasteiger partial charge in [0, 0.05) is 13.1 Å². The van der Waals surface area contributed by atoms with Crippen LogP contribution in [0.4, 0.5) is 15.1 Å². The molecule has 0 saturated carbocycles. The fourth-order valence-corrected chi connectivity index (χ4v) is 1.79.